The number of aryl methyl sites for hydroxylation is 1. The zero-order chi connectivity index (χ0) is 12.1. The number of hydrogen-bond donors (Lipinski definition) is 1. The maximum Gasteiger partial charge on any atom is 0.213 e. The zero-order valence-corrected chi connectivity index (χ0v) is 10.4. The summed E-state index contributed by atoms with van der Waals surface area (Å²) in [7, 11) is 1.72. The van der Waals surface area contributed by atoms with Gasteiger partial charge in [-0.15, -0.1) is 0 Å². The van der Waals surface area contributed by atoms with Crippen LogP contribution in [0.1, 0.15) is 18.9 Å². The molecule has 0 saturated carbocycles. The molecule has 0 bridgehead atoms. The van der Waals surface area contributed by atoms with Gasteiger partial charge >= 0.3 is 0 Å². The minimum Gasteiger partial charge on any atom is -0.328 e. The van der Waals surface area contributed by atoms with Crippen LogP contribution < -0.4 is 10.6 Å². The number of anilines is 1. The lowest BCUT2D eigenvalue weighted by Gasteiger charge is -2.17. The third kappa shape index (κ3) is 3.51. The number of amides is 1. The number of nitrogens with two attached hydrogens (primary N) is 1. The van der Waals surface area contributed by atoms with Gasteiger partial charge in [-0.1, -0.05) is 17.7 Å². The van der Waals surface area contributed by atoms with Crippen molar-refractivity contribution in [3.63, 3.8) is 0 Å². The van der Waals surface area contributed by atoms with E-state index in [4.69, 9.17) is 17.3 Å². The molecule has 4 heteroatoms. The predicted octanol–water partition coefficient (Wildman–Crippen LogP) is 2.21. The van der Waals surface area contributed by atoms with E-state index >= 15 is 0 Å². The van der Waals surface area contributed by atoms with Gasteiger partial charge in [0.2, 0.25) is 6.41 Å². The molecule has 0 aliphatic rings. The molecule has 1 aromatic carbocycles. The SMILES string of the molecule is C[C@@H](N)CCc1ccc(Cl)cc1N(C)C=O. The van der Waals surface area contributed by atoms with Crippen LogP contribution >= 0.6 is 11.6 Å². The summed E-state index contributed by atoms with van der Waals surface area (Å²) >= 11 is 5.91. The second kappa shape index (κ2) is 5.87. The van der Waals surface area contributed by atoms with Gasteiger partial charge in [0.1, 0.15) is 0 Å². The molecule has 1 amide bonds. The number of nitrogens with zero attached hydrogens (tertiary/aromatic N) is 1. The van der Waals surface area contributed by atoms with Gasteiger partial charge in [-0.3, -0.25) is 4.79 Å². The highest BCUT2D eigenvalue weighted by Gasteiger charge is 2.08. The van der Waals surface area contributed by atoms with Gasteiger partial charge in [0.15, 0.2) is 0 Å². The van der Waals surface area contributed by atoms with Crippen LogP contribution in [0.5, 0.6) is 0 Å². The Morgan fingerprint density at radius 2 is 2.25 bits per heavy atom. The Hall–Kier alpha value is -1.06. The first-order valence-electron chi connectivity index (χ1n) is 5.26. The van der Waals surface area contributed by atoms with Crippen molar-refractivity contribution in [3.8, 4) is 0 Å². The highest BCUT2D eigenvalue weighted by molar-refractivity contribution is 6.30. The number of hydrogen-bond acceptors (Lipinski definition) is 2. The van der Waals surface area contributed by atoms with Crippen molar-refractivity contribution < 1.29 is 4.79 Å². The molecule has 0 fully saturated rings. The molecule has 16 heavy (non-hydrogen) atoms. The second-order valence-corrected chi connectivity index (χ2v) is 4.44. The second-order valence-electron chi connectivity index (χ2n) is 4.01. The van der Waals surface area contributed by atoms with Crippen molar-refractivity contribution in [3.05, 3.63) is 28.8 Å². The first kappa shape index (κ1) is 13.0. The number of halogens is 1. The standard InChI is InChI=1S/C12H17ClN2O/c1-9(14)3-4-10-5-6-11(13)7-12(10)15(2)8-16/h5-9H,3-4,14H2,1-2H3/t9-/m1/s1. The highest BCUT2D eigenvalue weighted by atomic mass is 35.5. The van der Waals surface area contributed by atoms with Gasteiger partial charge in [-0.25, -0.2) is 0 Å². The summed E-state index contributed by atoms with van der Waals surface area (Å²) in [5, 5.41) is 0.633. The highest BCUT2D eigenvalue weighted by Crippen LogP contribution is 2.24. The van der Waals surface area contributed by atoms with E-state index in [9.17, 15) is 4.79 Å². The maximum atomic E-state index is 10.8. The molecule has 1 aromatic rings. The molecule has 0 heterocycles. The smallest absolute Gasteiger partial charge is 0.213 e. The lowest BCUT2D eigenvalue weighted by Crippen LogP contribution is -2.18. The molecular weight excluding hydrogens is 224 g/mol. The lowest BCUT2D eigenvalue weighted by molar-refractivity contribution is -0.107. The Kier molecular flexibility index (Phi) is 4.77. The van der Waals surface area contributed by atoms with Gasteiger partial charge in [-0.2, -0.15) is 0 Å². The third-order valence-corrected chi connectivity index (χ3v) is 2.69. The molecule has 2 N–H and O–H groups in total. The normalized spacial score (nSPS) is 12.2. The molecule has 0 radical (unpaired) electrons. The Balaban J connectivity index is 2.93. The van der Waals surface area contributed by atoms with E-state index in [2.05, 4.69) is 0 Å². The summed E-state index contributed by atoms with van der Waals surface area (Å²) in [6.45, 7) is 1.97. The van der Waals surface area contributed by atoms with E-state index in [0.29, 0.717) is 5.02 Å². The van der Waals surface area contributed by atoms with Crippen LogP contribution in [0.15, 0.2) is 18.2 Å². The van der Waals surface area contributed by atoms with Gasteiger partial charge in [0, 0.05) is 23.8 Å². The summed E-state index contributed by atoms with van der Waals surface area (Å²) in [6.07, 6.45) is 2.52. The van der Waals surface area contributed by atoms with Crippen molar-refractivity contribution >= 4 is 23.7 Å². The fraction of sp³-hybridized carbons (Fsp3) is 0.417. The topological polar surface area (TPSA) is 46.3 Å². The van der Waals surface area contributed by atoms with Crippen LogP contribution in [0.25, 0.3) is 0 Å². The minimum absolute atomic E-state index is 0.157. The molecule has 0 saturated heterocycles. The van der Waals surface area contributed by atoms with Crippen LogP contribution in [0.2, 0.25) is 5.02 Å². The Morgan fingerprint density at radius 1 is 1.56 bits per heavy atom. The molecule has 88 valence electrons. The molecule has 0 spiro atoms. The number of carbonyl (C=O) groups is 1. The summed E-state index contributed by atoms with van der Waals surface area (Å²) in [6, 6.07) is 5.73. The summed E-state index contributed by atoms with van der Waals surface area (Å²) in [5.41, 5.74) is 7.66. The van der Waals surface area contributed by atoms with Gasteiger partial charge in [0.05, 0.1) is 0 Å². The Morgan fingerprint density at radius 3 is 2.81 bits per heavy atom. The first-order chi connectivity index (χ1) is 7.54. The van der Waals surface area contributed by atoms with Crippen LogP contribution in [0.3, 0.4) is 0 Å². The molecular formula is C12H17ClN2O. The van der Waals surface area contributed by atoms with Crippen LogP contribution in [-0.4, -0.2) is 19.5 Å². The van der Waals surface area contributed by atoms with Gasteiger partial charge in [0.25, 0.3) is 0 Å². The molecule has 1 rings (SSSR count). The quantitative estimate of drug-likeness (QED) is 0.803. The Labute approximate surface area is 101 Å². The first-order valence-corrected chi connectivity index (χ1v) is 5.64. The number of carbonyl (C=O) groups excluding carboxylic acids is 1. The number of benzene rings is 1. The van der Waals surface area contributed by atoms with Crippen LogP contribution in [-0.2, 0) is 11.2 Å². The van der Waals surface area contributed by atoms with Gasteiger partial charge < -0.3 is 10.6 Å². The van der Waals surface area contributed by atoms with Crippen molar-refractivity contribution in [2.75, 3.05) is 11.9 Å². The molecule has 1 atom stereocenters. The molecule has 0 unspecified atom stereocenters. The van der Waals surface area contributed by atoms with Crippen molar-refractivity contribution in [2.45, 2.75) is 25.8 Å². The van der Waals surface area contributed by atoms with Crippen LogP contribution in [0.4, 0.5) is 5.69 Å². The zero-order valence-electron chi connectivity index (χ0n) is 9.61. The van der Waals surface area contributed by atoms with E-state index < -0.39 is 0 Å². The third-order valence-electron chi connectivity index (χ3n) is 2.45. The van der Waals surface area contributed by atoms with Crippen molar-refractivity contribution in [1.82, 2.24) is 0 Å². The van der Waals surface area contributed by atoms with E-state index in [1.165, 1.54) is 4.90 Å². The van der Waals surface area contributed by atoms with E-state index in [0.717, 1.165) is 30.5 Å². The molecule has 0 aliphatic heterocycles. The summed E-state index contributed by atoms with van der Waals surface area (Å²) in [5.74, 6) is 0. The fourth-order valence-electron chi connectivity index (χ4n) is 1.52. The average molecular weight is 241 g/mol. The fourth-order valence-corrected chi connectivity index (χ4v) is 1.68. The monoisotopic (exact) mass is 240 g/mol. The van der Waals surface area contributed by atoms with E-state index in [1.54, 1.807) is 13.1 Å². The van der Waals surface area contributed by atoms with Crippen molar-refractivity contribution in [2.24, 2.45) is 5.73 Å². The van der Waals surface area contributed by atoms with Crippen LogP contribution in [0, 0.1) is 0 Å². The Bertz CT molecular complexity index is 366. The maximum absolute atomic E-state index is 10.8. The minimum atomic E-state index is 0.157. The average Bonchev–Trinajstić information content (AvgIpc) is 2.26. The number of rotatable bonds is 5. The summed E-state index contributed by atoms with van der Waals surface area (Å²) < 4.78 is 0. The largest absolute Gasteiger partial charge is 0.328 e. The predicted molar refractivity (Wildman–Crippen MR) is 67.9 cm³/mol. The van der Waals surface area contributed by atoms with E-state index in [-0.39, 0.29) is 6.04 Å². The van der Waals surface area contributed by atoms with Crippen molar-refractivity contribution in [1.29, 1.82) is 0 Å². The summed E-state index contributed by atoms with van der Waals surface area (Å²) in [4.78, 5) is 12.3. The van der Waals surface area contributed by atoms with Gasteiger partial charge in [-0.05, 0) is 37.5 Å². The molecule has 0 aliphatic carbocycles. The van der Waals surface area contributed by atoms with E-state index in [1.807, 2.05) is 19.1 Å². The molecule has 3 nitrogen and oxygen atoms in total. The lowest BCUT2D eigenvalue weighted by atomic mass is 10.0. The molecule has 0 aromatic heterocycles.